The highest BCUT2D eigenvalue weighted by atomic mass is 35.5. The molecule has 4 rings (SSSR count). The molecule has 1 atom stereocenters. The van der Waals surface area contributed by atoms with Crippen LogP contribution in [-0.4, -0.2) is 26.8 Å². The molecule has 2 aromatic carbocycles. The van der Waals surface area contributed by atoms with Gasteiger partial charge in [0.15, 0.2) is 0 Å². The summed E-state index contributed by atoms with van der Waals surface area (Å²) >= 11 is 6.22. The molecule has 0 radical (unpaired) electrons. The summed E-state index contributed by atoms with van der Waals surface area (Å²) in [6.07, 6.45) is 1.89. The van der Waals surface area contributed by atoms with Crippen molar-refractivity contribution in [2.75, 3.05) is 5.32 Å². The van der Waals surface area contributed by atoms with Crippen LogP contribution in [-0.2, 0) is 16.7 Å². The molecule has 0 aliphatic carbocycles. The highest BCUT2D eigenvalue weighted by molar-refractivity contribution is 6.34. The third kappa shape index (κ3) is 3.61. The van der Waals surface area contributed by atoms with Crippen molar-refractivity contribution >= 4 is 29.2 Å². The van der Waals surface area contributed by atoms with E-state index in [1.165, 1.54) is 12.1 Å². The lowest BCUT2D eigenvalue weighted by Gasteiger charge is -2.20. The fraction of sp³-hybridized carbons (Fsp3) is 0.190. The first kappa shape index (κ1) is 19.1. The van der Waals surface area contributed by atoms with Gasteiger partial charge in [0.25, 0.3) is 5.91 Å². The molecule has 29 heavy (non-hydrogen) atoms. The third-order valence-corrected chi connectivity index (χ3v) is 5.21. The summed E-state index contributed by atoms with van der Waals surface area (Å²) in [6, 6.07) is 13.3. The second-order valence-electron chi connectivity index (χ2n) is 7.00. The topological polar surface area (TPSA) is 68.5 Å². The number of carbonyl (C=O) groups excluding carboxylic acids is 1. The van der Waals surface area contributed by atoms with E-state index in [1.54, 1.807) is 42.9 Å². The molecular weight excluding hydrogens is 395 g/mol. The van der Waals surface area contributed by atoms with Crippen LogP contribution < -0.4 is 5.32 Å². The van der Waals surface area contributed by atoms with Gasteiger partial charge in [-0.15, -0.1) is 0 Å². The number of imidazole rings is 1. The standard InChI is InChI=1S/C21H18ClFN4O2/c1-21(11-17(26-29-21)15-5-3-4-6-16(15)22)19(28)25-20-24-12-18(27(20)2)13-7-9-14(23)10-8-13/h3-10,12H,11H2,1-2H3,(H,24,25,28)/t21-/m1/s1. The molecule has 0 fully saturated rings. The van der Waals surface area contributed by atoms with Crippen LogP contribution in [0.15, 0.2) is 59.9 Å². The fourth-order valence-corrected chi connectivity index (χ4v) is 3.39. The van der Waals surface area contributed by atoms with Crippen molar-refractivity contribution in [3.63, 3.8) is 0 Å². The lowest BCUT2D eigenvalue weighted by atomic mass is 9.95. The number of carbonyl (C=O) groups is 1. The summed E-state index contributed by atoms with van der Waals surface area (Å²) in [5.74, 6) is -0.335. The Labute approximate surface area is 172 Å². The van der Waals surface area contributed by atoms with Gasteiger partial charge in [-0.05, 0) is 37.3 Å². The van der Waals surface area contributed by atoms with Crippen molar-refractivity contribution < 1.29 is 14.0 Å². The van der Waals surface area contributed by atoms with Crippen molar-refractivity contribution in [1.82, 2.24) is 9.55 Å². The number of halogens is 2. The van der Waals surface area contributed by atoms with Crippen molar-refractivity contribution in [2.45, 2.75) is 18.9 Å². The van der Waals surface area contributed by atoms with Crippen LogP contribution in [0.3, 0.4) is 0 Å². The van der Waals surface area contributed by atoms with Crippen LogP contribution in [0.25, 0.3) is 11.3 Å². The number of rotatable bonds is 4. The Morgan fingerprint density at radius 3 is 2.69 bits per heavy atom. The van der Waals surface area contributed by atoms with E-state index in [2.05, 4.69) is 15.5 Å². The zero-order chi connectivity index (χ0) is 20.6. The molecule has 0 bridgehead atoms. The highest BCUT2D eigenvalue weighted by Crippen LogP contribution is 2.31. The Bertz CT molecular complexity index is 1110. The van der Waals surface area contributed by atoms with E-state index in [-0.39, 0.29) is 18.1 Å². The summed E-state index contributed by atoms with van der Waals surface area (Å²) in [4.78, 5) is 22.6. The maximum Gasteiger partial charge on any atom is 0.273 e. The lowest BCUT2D eigenvalue weighted by Crippen LogP contribution is -2.41. The number of oxime groups is 1. The van der Waals surface area contributed by atoms with Gasteiger partial charge in [0.05, 0.1) is 17.6 Å². The predicted octanol–water partition coefficient (Wildman–Crippen LogP) is 4.40. The second-order valence-corrected chi connectivity index (χ2v) is 7.41. The largest absolute Gasteiger partial charge is 0.379 e. The Morgan fingerprint density at radius 1 is 1.24 bits per heavy atom. The monoisotopic (exact) mass is 412 g/mol. The summed E-state index contributed by atoms with van der Waals surface area (Å²) < 4.78 is 14.9. The van der Waals surface area contributed by atoms with Gasteiger partial charge in [-0.25, -0.2) is 9.37 Å². The minimum atomic E-state index is -1.18. The van der Waals surface area contributed by atoms with Crippen LogP contribution in [0, 0.1) is 5.82 Å². The van der Waals surface area contributed by atoms with Gasteiger partial charge in [0, 0.05) is 29.6 Å². The molecule has 6 nitrogen and oxygen atoms in total. The summed E-state index contributed by atoms with van der Waals surface area (Å²) in [6.45, 7) is 1.67. The van der Waals surface area contributed by atoms with E-state index in [1.807, 2.05) is 18.2 Å². The third-order valence-electron chi connectivity index (χ3n) is 4.88. The number of hydrogen-bond donors (Lipinski definition) is 1. The molecule has 0 saturated heterocycles. The number of benzene rings is 2. The molecule has 0 spiro atoms. The summed E-state index contributed by atoms with van der Waals surface area (Å²) in [5.41, 5.74) is 1.69. The minimum absolute atomic E-state index is 0.276. The average molecular weight is 413 g/mol. The number of aromatic nitrogens is 2. The van der Waals surface area contributed by atoms with Gasteiger partial charge in [-0.1, -0.05) is 35.0 Å². The van der Waals surface area contributed by atoms with Crippen LogP contribution in [0.5, 0.6) is 0 Å². The SMILES string of the molecule is Cn1c(-c2ccc(F)cc2)cnc1NC(=O)[C@@]1(C)CC(c2ccccc2Cl)=NO1. The van der Waals surface area contributed by atoms with Crippen molar-refractivity contribution in [2.24, 2.45) is 12.2 Å². The molecule has 148 valence electrons. The van der Waals surface area contributed by atoms with Gasteiger partial charge in [-0.2, -0.15) is 0 Å². The zero-order valence-corrected chi connectivity index (χ0v) is 16.6. The lowest BCUT2D eigenvalue weighted by molar-refractivity contribution is -0.136. The van der Waals surface area contributed by atoms with Crippen molar-refractivity contribution in [3.05, 3.63) is 71.1 Å². The first-order valence-electron chi connectivity index (χ1n) is 8.96. The normalized spacial score (nSPS) is 18.3. The quantitative estimate of drug-likeness (QED) is 0.690. The second kappa shape index (κ2) is 7.33. The highest BCUT2D eigenvalue weighted by Gasteiger charge is 2.43. The van der Waals surface area contributed by atoms with Crippen molar-refractivity contribution in [3.8, 4) is 11.3 Å². The fourth-order valence-electron chi connectivity index (χ4n) is 3.15. The number of amides is 1. The molecule has 1 aliphatic rings. The Kier molecular flexibility index (Phi) is 4.84. The van der Waals surface area contributed by atoms with E-state index in [9.17, 15) is 9.18 Å². The van der Waals surface area contributed by atoms with E-state index < -0.39 is 5.60 Å². The van der Waals surface area contributed by atoms with Crippen LogP contribution >= 0.6 is 11.6 Å². The molecule has 1 aliphatic heterocycles. The maximum absolute atomic E-state index is 13.2. The van der Waals surface area contributed by atoms with Gasteiger partial charge >= 0.3 is 0 Å². The van der Waals surface area contributed by atoms with Crippen LogP contribution in [0.2, 0.25) is 5.02 Å². The van der Waals surface area contributed by atoms with E-state index >= 15 is 0 Å². The van der Waals surface area contributed by atoms with Gasteiger partial charge in [0.2, 0.25) is 11.5 Å². The van der Waals surface area contributed by atoms with Gasteiger partial charge in [0.1, 0.15) is 5.82 Å². The molecule has 1 amide bonds. The molecule has 8 heteroatoms. The van der Waals surface area contributed by atoms with Crippen LogP contribution in [0.4, 0.5) is 10.3 Å². The molecule has 1 aromatic heterocycles. The summed E-state index contributed by atoms with van der Waals surface area (Å²) in [7, 11) is 1.77. The first-order chi connectivity index (χ1) is 13.9. The van der Waals surface area contributed by atoms with Gasteiger partial charge < -0.3 is 9.40 Å². The number of nitrogens with one attached hydrogen (secondary N) is 1. The Hall–Kier alpha value is -3.19. The predicted molar refractivity (Wildman–Crippen MR) is 109 cm³/mol. The number of nitrogens with zero attached hydrogens (tertiary/aromatic N) is 3. The molecule has 3 aromatic rings. The Balaban J connectivity index is 1.50. The van der Waals surface area contributed by atoms with E-state index in [0.717, 1.165) is 16.8 Å². The molecule has 1 N–H and O–H groups in total. The Morgan fingerprint density at radius 2 is 1.97 bits per heavy atom. The number of hydrogen-bond acceptors (Lipinski definition) is 4. The summed E-state index contributed by atoms with van der Waals surface area (Å²) in [5, 5.41) is 7.41. The smallest absolute Gasteiger partial charge is 0.273 e. The average Bonchev–Trinajstić information content (AvgIpc) is 3.27. The first-order valence-corrected chi connectivity index (χ1v) is 9.34. The molecule has 0 saturated carbocycles. The molecule has 0 unspecified atom stereocenters. The molecule has 2 heterocycles. The number of anilines is 1. The molecular formula is C21H18ClFN4O2. The van der Waals surface area contributed by atoms with Gasteiger partial charge in [-0.3, -0.25) is 10.1 Å². The van der Waals surface area contributed by atoms with E-state index in [0.29, 0.717) is 16.7 Å². The zero-order valence-electron chi connectivity index (χ0n) is 15.8. The van der Waals surface area contributed by atoms with Crippen LogP contribution in [0.1, 0.15) is 18.9 Å². The van der Waals surface area contributed by atoms with Crippen molar-refractivity contribution in [1.29, 1.82) is 0 Å². The maximum atomic E-state index is 13.2. The van der Waals surface area contributed by atoms with E-state index in [4.69, 9.17) is 16.4 Å². The minimum Gasteiger partial charge on any atom is -0.379 e.